The highest BCUT2D eigenvalue weighted by atomic mass is 32.2. The zero-order chi connectivity index (χ0) is 97.4. The van der Waals surface area contributed by atoms with Crippen LogP contribution >= 0.6 is 0 Å². The number of Topliss-reactive ketones (excluding diaryl/α,β-unsaturated/α-hetero) is 1. The van der Waals surface area contributed by atoms with Gasteiger partial charge in [0, 0.05) is 98.0 Å². The van der Waals surface area contributed by atoms with Gasteiger partial charge in [0.1, 0.15) is 17.4 Å². The van der Waals surface area contributed by atoms with E-state index in [-0.39, 0.29) is 21.7 Å². The van der Waals surface area contributed by atoms with Crippen molar-refractivity contribution in [3.05, 3.63) is 199 Å². The standard InChI is InChI=1S/2C10H15N.C9H14N2.2C9H13N.C9H12O2S.C8H12N2.C7H12O.C6H12O2S.14C2H6/c2*1-8(2)9(3)10-5-4-6-11-7-10;1-7(2)8(3)9-10-5-4-6-11-9;1-8(2)6-9-4-3-5-10-7-9;1-8(2)7-9-5-3-4-6-10-9;1-8(2)12(10,11)9-6-4-3-5-7-9;1-7(2)6-8-9-4-3-5-10-8;1-5(2)7(8)6-3-4-6;1-5(2)9(7,8)6-3-4-6;14*1-2/h2*4-9H,1-3H3;4-8H,1-3H3;3-5,7-8H,6H2,1-2H3;3-6,8H,7H2,1-2H3;3-8H,1-2H3;3-5,7H,6H2,1-2H3;5-6H,3-4H2,1-2H3;5-6H,3-4H2,1-2H3;14*1-2H3/t9-;;;;;;;;;;;;;;;;;;;;;;/m0....................../s1. The van der Waals surface area contributed by atoms with Crippen LogP contribution in [0.15, 0.2) is 170 Å². The molecule has 2 fully saturated rings. The van der Waals surface area contributed by atoms with Crippen LogP contribution in [0.5, 0.6) is 0 Å². The molecule has 0 radical (unpaired) electrons. The molecule has 2 unspecified atom stereocenters. The zero-order valence-corrected chi connectivity index (χ0v) is 89.7. The number of nitrogens with zero attached hydrogens (tertiary/aromatic N) is 8. The number of benzene rings is 1. The molecule has 0 N–H and O–H groups in total. The summed E-state index contributed by atoms with van der Waals surface area (Å²) in [5.41, 5.74) is 5.19. The maximum Gasteiger partial charge on any atom is 0.180 e. The van der Waals surface area contributed by atoms with Gasteiger partial charge in [-0.1, -0.05) is 354 Å². The number of sulfone groups is 2. The SMILES string of the molecule is CC.CC.CC.CC.CC.CC.CC.CC.CC.CC.CC.CC.CC.CC.CC(C)C(=O)C1CC1.CC(C)C(C)c1cccnc1.CC(C)C(C)c1ncccn1.CC(C)Cc1ccccn1.CC(C)Cc1cccnc1.CC(C)Cc1ncccn1.CC(C)S(=O)(=O)C1CC1.CC(C)S(=O)(=O)c1ccccc1.CC(C)[C@H](C)c1cccnc1. The summed E-state index contributed by atoms with van der Waals surface area (Å²) in [4.78, 5) is 44.3. The van der Waals surface area contributed by atoms with Crippen LogP contribution in [-0.2, 0) is 43.7 Å². The molecule has 0 aliphatic heterocycles. The summed E-state index contributed by atoms with van der Waals surface area (Å²) in [5, 5.41) is -0.512. The van der Waals surface area contributed by atoms with E-state index in [0.29, 0.717) is 63.9 Å². The van der Waals surface area contributed by atoms with E-state index >= 15 is 0 Å². The minimum atomic E-state index is -3.08. The lowest BCUT2D eigenvalue weighted by molar-refractivity contribution is -0.123. The van der Waals surface area contributed by atoms with E-state index in [1.807, 2.05) is 294 Å². The van der Waals surface area contributed by atoms with Gasteiger partial charge in [0.15, 0.2) is 19.7 Å². The van der Waals surface area contributed by atoms with Crippen molar-refractivity contribution in [2.75, 3.05) is 0 Å². The third-order valence-electron chi connectivity index (χ3n) is 15.2. The predicted molar refractivity (Wildman–Crippen MR) is 544 cm³/mol. The molecule has 2 aliphatic carbocycles. The first-order valence-corrected chi connectivity index (χ1v) is 50.6. The lowest BCUT2D eigenvalue weighted by atomic mass is 9.92. The molecule has 9 rings (SSSR count). The van der Waals surface area contributed by atoms with Crippen molar-refractivity contribution >= 4 is 25.5 Å². The van der Waals surface area contributed by atoms with Crippen molar-refractivity contribution in [3.8, 4) is 0 Å². The summed E-state index contributed by atoms with van der Waals surface area (Å²) in [6.45, 7) is 99.9. The molecular formula is C105H202N8O5S2. The minimum Gasteiger partial charge on any atom is -0.299 e. The van der Waals surface area contributed by atoms with Crippen LogP contribution in [0.4, 0.5) is 0 Å². The fourth-order valence-corrected chi connectivity index (χ4v) is 10.8. The van der Waals surface area contributed by atoms with Crippen LogP contribution in [0, 0.1) is 47.3 Å². The third-order valence-corrected chi connectivity index (χ3v) is 20.1. The number of rotatable bonds is 18. The Morgan fingerprint density at radius 2 is 0.658 bits per heavy atom. The summed E-state index contributed by atoms with van der Waals surface area (Å²) in [6.07, 6.45) is 27.5. The Morgan fingerprint density at radius 3 is 0.908 bits per heavy atom. The van der Waals surface area contributed by atoms with Crippen LogP contribution < -0.4 is 0 Å². The molecule has 0 amide bonds. The molecule has 6 aromatic heterocycles. The van der Waals surface area contributed by atoms with Crippen LogP contribution in [-0.4, -0.2) is 78.2 Å². The van der Waals surface area contributed by atoms with Gasteiger partial charge in [-0.15, -0.1) is 0 Å². The topological polar surface area (TPSA) is 188 Å². The monoisotopic (exact) mass is 1720 g/mol. The molecule has 1 aromatic carbocycles. The molecule has 15 heteroatoms. The number of carbonyl (C=O) groups is 1. The number of hydrogen-bond acceptors (Lipinski definition) is 13. The first kappa shape index (κ1) is 145. The zero-order valence-electron chi connectivity index (χ0n) is 88.1. The summed E-state index contributed by atoms with van der Waals surface area (Å²) < 4.78 is 45.2. The number of pyridine rings is 4. The van der Waals surface area contributed by atoms with Gasteiger partial charge in [-0.05, 0) is 185 Å². The van der Waals surface area contributed by atoms with Gasteiger partial charge in [0.25, 0.3) is 0 Å². The molecule has 7 aromatic rings. The van der Waals surface area contributed by atoms with Crippen LogP contribution in [0.2, 0.25) is 0 Å². The number of ketones is 1. The van der Waals surface area contributed by atoms with Crippen molar-refractivity contribution in [1.82, 2.24) is 39.9 Å². The maximum atomic E-state index is 11.5. The van der Waals surface area contributed by atoms with E-state index in [0.717, 1.165) is 62.5 Å². The molecule has 2 saturated carbocycles. The molecule has 13 nitrogen and oxygen atoms in total. The van der Waals surface area contributed by atoms with E-state index in [4.69, 9.17) is 0 Å². The predicted octanol–water partition coefficient (Wildman–Crippen LogP) is 33.0. The van der Waals surface area contributed by atoms with Crippen molar-refractivity contribution < 1.29 is 21.6 Å². The minimum absolute atomic E-state index is 0.0116. The lowest BCUT2D eigenvalue weighted by Gasteiger charge is -2.14. The van der Waals surface area contributed by atoms with E-state index in [1.54, 1.807) is 82.8 Å². The number of carbonyl (C=O) groups excluding carboxylic acids is 1. The second-order valence-electron chi connectivity index (χ2n) is 27.0. The molecule has 6 heterocycles. The highest BCUT2D eigenvalue weighted by Gasteiger charge is 2.37. The second-order valence-corrected chi connectivity index (χ2v) is 32.3. The molecule has 704 valence electrons. The van der Waals surface area contributed by atoms with Crippen LogP contribution in [0.3, 0.4) is 0 Å². The summed E-state index contributed by atoms with van der Waals surface area (Å²) in [5.74, 6) is 8.82. The first-order chi connectivity index (χ1) is 57.3. The molecule has 0 saturated heterocycles. The molecule has 120 heavy (non-hydrogen) atoms. The second kappa shape index (κ2) is 109. The van der Waals surface area contributed by atoms with Crippen molar-refractivity contribution in [2.45, 2.75) is 423 Å². The highest BCUT2D eigenvalue weighted by molar-refractivity contribution is 7.93. The van der Waals surface area contributed by atoms with Crippen molar-refractivity contribution in [1.29, 1.82) is 0 Å². The van der Waals surface area contributed by atoms with Gasteiger partial charge >= 0.3 is 0 Å². The molecular weight excluding hydrogens is 1520 g/mol. The Bertz CT molecular complexity index is 2920. The number of aromatic nitrogens is 8. The quantitative estimate of drug-likeness (QED) is 0.0790. The Labute approximate surface area is 751 Å². The maximum absolute atomic E-state index is 11.5. The fraction of sp³-hybridized carbons (Fsp3) is 0.667. The first-order valence-electron chi connectivity index (χ1n) is 47.5. The molecule has 3 atom stereocenters. The van der Waals surface area contributed by atoms with Crippen molar-refractivity contribution in [3.63, 3.8) is 0 Å². The van der Waals surface area contributed by atoms with Gasteiger partial charge in [-0.3, -0.25) is 24.7 Å². The van der Waals surface area contributed by atoms with Gasteiger partial charge < -0.3 is 0 Å². The fourth-order valence-electron chi connectivity index (χ4n) is 8.14. The largest absolute Gasteiger partial charge is 0.299 e. The average molecular weight is 1720 g/mol. The smallest absolute Gasteiger partial charge is 0.180 e. The van der Waals surface area contributed by atoms with Gasteiger partial charge in [-0.25, -0.2) is 36.8 Å². The van der Waals surface area contributed by atoms with Gasteiger partial charge in [0.05, 0.1) is 20.6 Å². The Kier molecular flexibility index (Phi) is 131. The van der Waals surface area contributed by atoms with Crippen molar-refractivity contribution in [2.24, 2.45) is 47.3 Å². The van der Waals surface area contributed by atoms with E-state index in [9.17, 15) is 21.6 Å². The Balaban J connectivity index is -0.0000000846. The average Bonchev–Trinajstić information content (AvgIpc) is 1.67. The van der Waals surface area contributed by atoms with E-state index < -0.39 is 19.7 Å². The van der Waals surface area contributed by atoms with Crippen LogP contribution in [0.25, 0.3) is 0 Å². The molecule has 0 spiro atoms. The molecule has 0 bridgehead atoms. The Morgan fingerprint density at radius 1 is 0.325 bits per heavy atom. The number of hydrogen-bond donors (Lipinski definition) is 0. The van der Waals surface area contributed by atoms with E-state index in [2.05, 4.69) is 168 Å². The normalized spacial score (nSPS) is 11.0. The van der Waals surface area contributed by atoms with E-state index in [1.165, 1.54) is 22.4 Å². The summed E-state index contributed by atoms with van der Waals surface area (Å²) in [6, 6.07) is 30.6. The summed E-state index contributed by atoms with van der Waals surface area (Å²) >= 11 is 0. The van der Waals surface area contributed by atoms with Gasteiger partial charge in [-0.2, -0.15) is 0 Å². The van der Waals surface area contributed by atoms with Gasteiger partial charge in [0.2, 0.25) is 0 Å². The van der Waals surface area contributed by atoms with Crippen LogP contribution in [0.1, 0.15) is 417 Å². The third kappa shape index (κ3) is 89.3. The Hall–Kier alpha value is -6.45. The molecule has 2 aliphatic rings. The summed E-state index contributed by atoms with van der Waals surface area (Å²) in [7, 11) is -5.78. The lowest BCUT2D eigenvalue weighted by Crippen LogP contribution is -2.18. The highest BCUT2D eigenvalue weighted by Crippen LogP contribution is 2.32.